The zero-order chi connectivity index (χ0) is 10.3. The standard InChI is InChI=1S/C11H13N3S.2ClH/c12-7-5-8(6-7)13-11-14-9-3-1-2-4-10(9)15-11;;/h1-4,7-8H,5-6,12H2,(H,13,14);2*1H/t7-,8+;;. The number of hydrogen-bond donors (Lipinski definition) is 2. The molecule has 1 aromatic heterocycles. The molecule has 0 amide bonds. The molecule has 2 aromatic rings. The summed E-state index contributed by atoms with van der Waals surface area (Å²) in [6, 6.07) is 9.13. The number of aromatic nitrogens is 1. The number of halogens is 2. The topological polar surface area (TPSA) is 50.9 Å². The number of benzene rings is 1. The SMILES string of the molecule is Cl.Cl.N[C@H]1C[C@@H](Nc2nc3ccccc3s2)C1. The van der Waals surface area contributed by atoms with Crippen LogP contribution in [0.15, 0.2) is 24.3 Å². The van der Waals surface area contributed by atoms with Crippen LogP contribution in [0.4, 0.5) is 5.13 Å². The van der Waals surface area contributed by atoms with Crippen LogP contribution in [-0.2, 0) is 0 Å². The molecule has 1 saturated carbocycles. The molecule has 1 heterocycles. The largest absolute Gasteiger partial charge is 0.359 e. The molecule has 1 aliphatic rings. The van der Waals surface area contributed by atoms with Gasteiger partial charge in [-0.05, 0) is 25.0 Å². The molecule has 0 aliphatic heterocycles. The highest BCUT2D eigenvalue weighted by atomic mass is 35.5. The van der Waals surface area contributed by atoms with Crippen LogP contribution in [0.25, 0.3) is 10.2 Å². The second-order valence-corrected chi connectivity index (χ2v) is 5.09. The summed E-state index contributed by atoms with van der Waals surface area (Å²) in [5.41, 5.74) is 6.82. The van der Waals surface area contributed by atoms with Gasteiger partial charge in [-0.25, -0.2) is 4.98 Å². The summed E-state index contributed by atoms with van der Waals surface area (Å²) in [5.74, 6) is 0. The zero-order valence-corrected chi connectivity index (χ0v) is 11.6. The average Bonchev–Trinajstić information content (AvgIpc) is 2.57. The van der Waals surface area contributed by atoms with E-state index >= 15 is 0 Å². The van der Waals surface area contributed by atoms with Crippen molar-refractivity contribution in [3.63, 3.8) is 0 Å². The van der Waals surface area contributed by atoms with E-state index in [9.17, 15) is 0 Å². The van der Waals surface area contributed by atoms with Gasteiger partial charge in [-0.1, -0.05) is 23.5 Å². The Morgan fingerprint density at radius 3 is 2.59 bits per heavy atom. The van der Waals surface area contributed by atoms with Gasteiger partial charge in [-0.2, -0.15) is 0 Å². The lowest BCUT2D eigenvalue weighted by Gasteiger charge is -2.32. The van der Waals surface area contributed by atoms with Crippen LogP contribution in [-0.4, -0.2) is 17.1 Å². The quantitative estimate of drug-likeness (QED) is 0.894. The first-order valence-electron chi connectivity index (χ1n) is 5.19. The van der Waals surface area contributed by atoms with Gasteiger partial charge in [0.1, 0.15) is 0 Å². The highest BCUT2D eigenvalue weighted by Crippen LogP contribution is 2.29. The molecule has 6 heteroatoms. The average molecular weight is 292 g/mol. The summed E-state index contributed by atoms with van der Waals surface area (Å²) in [5, 5.41) is 4.45. The van der Waals surface area contributed by atoms with Crippen molar-refractivity contribution < 1.29 is 0 Å². The monoisotopic (exact) mass is 291 g/mol. The number of fused-ring (bicyclic) bond motifs is 1. The number of para-hydroxylation sites is 1. The number of nitrogens with two attached hydrogens (primary N) is 1. The zero-order valence-electron chi connectivity index (χ0n) is 9.13. The van der Waals surface area contributed by atoms with E-state index in [4.69, 9.17) is 5.73 Å². The highest BCUT2D eigenvalue weighted by Gasteiger charge is 2.26. The molecular formula is C11H15Cl2N3S. The first-order chi connectivity index (χ1) is 7.31. The molecule has 0 bridgehead atoms. The Balaban J connectivity index is 0.000000722. The van der Waals surface area contributed by atoms with Crippen molar-refractivity contribution in [2.45, 2.75) is 24.9 Å². The molecule has 0 saturated heterocycles. The number of nitrogens with zero attached hydrogens (tertiary/aromatic N) is 1. The lowest BCUT2D eigenvalue weighted by Crippen LogP contribution is -2.44. The van der Waals surface area contributed by atoms with Crippen molar-refractivity contribution in [3.8, 4) is 0 Å². The van der Waals surface area contributed by atoms with Crippen LogP contribution >= 0.6 is 36.2 Å². The number of thiazole rings is 1. The molecule has 3 N–H and O–H groups in total. The predicted molar refractivity (Wildman–Crippen MR) is 78.7 cm³/mol. The van der Waals surface area contributed by atoms with Crippen LogP contribution in [0.5, 0.6) is 0 Å². The second kappa shape index (κ2) is 5.87. The van der Waals surface area contributed by atoms with Crippen molar-refractivity contribution in [1.82, 2.24) is 4.98 Å². The van der Waals surface area contributed by atoms with Crippen LogP contribution in [0.1, 0.15) is 12.8 Å². The Kier molecular flexibility index (Phi) is 5.01. The predicted octanol–water partition coefficient (Wildman–Crippen LogP) is 3.04. The van der Waals surface area contributed by atoms with Gasteiger partial charge in [0.15, 0.2) is 5.13 Å². The summed E-state index contributed by atoms with van der Waals surface area (Å²) in [4.78, 5) is 4.53. The first kappa shape index (κ1) is 14.5. The Morgan fingerprint density at radius 2 is 1.94 bits per heavy atom. The summed E-state index contributed by atoms with van der Waals surface area (Å²) in [6.45, 7) is 0. The fraction of sp³-hybridized carbons (Fsp3) is 0.364. The maximum absolute atomic E-state index is 5.74. The maximum atomic E-state index is 5.74. The lowest BCUT2D eigenvalue weighted by molar-refractivity contribution is 0.373. The van der Waals surface area contributed by atoms with Crippen LogP contribution in [0.2, 0.25) is 0 Å². The van der Waals surface area contributed by atoms with E-state index in [1.165, 1.54) is 4.70 Å². The van der Waals surface area contributed by atoms with Gasteiger partial charge >= 0.3 is 0 Å². The number of hydrogen-bond acceptors (Lipinski definition) is 4. The van der Waals surface area contributed by atoms with Crippen molar-refractivity contribution in [2.75, 3.05) is 5.32 Å². The third-order valence-electron chi connectivity index (χ3n) is 2.80. The number of rotatable bonds is 2. The summed E-state index contributed by atoms with van der Waals surface area (Å²) >= 11 is 1.71. The molecule has 17 heavy (non-hydrogen) atoms. The Hall–Kier alpha value is -0.550. The molecule has 94 valence electrons. The van der Waals surface area contributed by atoms with Gasteiger partial charge in [0, 0.05) is 12.1 Å². The molecule has 0 radical (unpaired) electrons. The minimum absolute atomic E-state index is 0. The minimum atomic E-state index is 0. The molecule has 1 aliphatic carbocycles. The normalized spacial score (nSPS) is 22.2. The van der Waals surface area contributed by atoms with E-state index in [2.05, 4.69) is 16.4 Å². The molecule has 1 fully saturated rings. The lowest BCUT2D eigenvalue weighted by atomic mass is 9.88. The van der Waals surface area contributed by atoms with E-state index in [1.807, 2.05) is 18.2 Å². The Labute approximate surface area is 117 Å². The van der Waals surface area contributed by atoms with Crippen LogP contribution in [0, 0.1) is 0 Å². The smallest absolute Gasteiger partial charge is 0.184 e. The third-order valence-corrected chi connectivity index (χ3v) is 3.76. The highest BCUT2D eigenvalue weighted by molar-refractivity contribution is 7.22. The van der Waals surface area contributed by atoms with Gasteiger partial charge in [0.05, 0.1) is 10.2 Å². The van der Waals surface area contributed by atoms with E-state index in [0.717, 1.165) is 23.5 Å². The van der Waals surface area contributed by atoms with E-state index in [-0.39, 0.29) is 24.8 Å². The molecule has 3 nitrogen and oxygen atoms in total. The van der Waals surface area contributed by atoms with Crippen molar-refractivity contribution in [2.24, 2.45) is 5.73 Å². The van der Waals surface area contributed by atoms with Crippen molar-refractivity contribution in [3.05, 3.63) is 24.3 Å². The number of nitrogens with one attached hydrogen (secondary N) is 1. The number of anilines is 1. The molecule has 3 rings (SSSR count). The minimum Gasteiger partial charge on any atom is -0.359 e. The van der Waals surface area contributed by atoms with Crippen molar-refractivity contribution >= 4 is 51.5 Å². The molecular weight excluding hydrogens is 277 g/mol. The van der Waals surface area contributed by atoms with Crippen LogP contribution in [0.3, 0.4) is 0 Å². The summed E-state index contributed by atoms with van der Waals surface area (Å²) < 4.78 is 1.24. The molecule has 0 unspecified atom stereocenters. The van der Waals surface area contributed by atoms with Gasteiger partial charge < -0.3 is 11.1 Å². The first-order valence-corrected chi connectivity index (χ1v) is 6.00. The van der Waals surface area contributed by atoms with Gasteiger partial charge in [0.25, 0.3) is 0 Å². The maximum Gasteiger partial charge on any atom is 0.184 e. The van der Waals surface area contributed by atoms with Gasteiger partial charge in [0.2, 0.25) is 0 Å². The van der Waals surface area contributed by atoms with E-state index in [0.29, 0.717) is 12.1 Å². The Bertz CT molecular complexity index is 449. The van der Waals surface area contributed by atoms with Crippen molar-refractivity contribution in [1.29, 1.82) is 0 Å². The second-order valence-electron chi connectivity index (χ2n) is 4.06. The third kappa shape index (κ3) is 3.01. The summed E-state index contributed by atoms with van der Waals surface area (Å²) in [6.07, 6.45) is 2.13. The Morgan fingerprint density at radius 1 is 1.24 bits per heavy atom. The summed E-state index contributed by atoms with van der Waals surface area (Å²) in [7, 11) is 0. The van der Waals surface area contributed by atoms with E-state index in [1.54, 1.807) is 11.3 Å². The van der Waals surface area contributed by atoms with Gasteiger partial charge in [-0.15, -0.1) is 24.8 Å². The van der Waals surface area contributed by atoms with Crippen LogP contribution < -0.4 is 11.1 Å². The molecule has 0 spiro atoms. The molecule has 0 atom stereocenters. The molecule has 1 aromatic carbocycles. The fourth-order valence-electron chi connectivity index (χ4n) is 1.89. The van der Waals surface area contributed by atoms with E-state index < -0.39 is 0 Å². The fourth-order valence-corrected chi connectivity index (χ4v) is 2.83. The van der Waals surface area contributed by atoms with Gasteiger partial charge in [-0.3, -0.25) is 0 Å².